The van der Waals surface area contributed by atoms with Crippen LogP contribution in [0.3, 0.4) is 0 Å². The summed E-state index contributed by atoms with van der Waals surface area (Å²) in [4.78, 5) is 28.8. The van der Waals surface area contributed by atoms with Gasteiger partial charge in [-0.2, -0.15) is 4.31 Å². The van der Waals surface area contributed by atoms with Crippen LogP contribution in [0.1, 0.15) is 52.5 Å². The van der Waals surface area contributed by atoms with Crippen molar-refractivity contribution in [3.05, 3.63) is 54.1 Å². The second-order valence-corrected chi connectivity index (χ2v) is 14.5. The maximum atomic E-state index is 13.9. The van der Waals surface area contributed by atoms with Crippen LogP contribution in [0.5, 0.6) is 11.5 Å². The van der Waals surface area contributed by atoms with Crippen molar-refractivity contribution in [3.63, 3.8) is 0 Å². The number of nitrogens with one attached hydrogen (secondary N) is 2. The van der Waals surface area contributed by atoms with Crippen molar-refractivity contribution >= 4 is 21.8 Å². The summed E-state index contributed by atoms with van der Waals surface area (Å²) in [7, 11) is -4.05. The molecule has 2 aliphatic rings. The summed E-state index contributed by atoms with van der Waals surface area (Å²) in [6, 6.07) is 12.2. The van der Waals surface area contributed by atoms with Gasteiger partial charge in [0.25, 0.3) is 0 Å². The second-order valence-electron chi connectivity index (χ2n) is 12.5. The molecule has 2 amide bonds. The number of fused-ring (bicyclic) bond motifs is 1. The van der Waals surface area contributed by atoms with E-state index in [-0.39, 0.29) is 55.5 Å². The van der Waals surface area contributed by atoms with Gasteiger partial charge in [0.05, 0.1) is 23.6 Å². The predicted molar refractivity (Wildman–Crippen MR) is 171 cm³/mol. The summed E-state index contributed by atoms with van der Waals surface area (Å²) in [5, 5.41) is 17.6. The number of amides is 2. The van der Waals surface area contributed by atoms with E-state index in [0.29, 0.717) is 17.9 Å². The first-order valence-electron chi connectivity index (χ1n) is 15.9. The smallest absolute Gasteiger partial charge is 0.243 e. The summed E-state index contributed by atoms with van der Waals surface area (Å²) >= 11 is 0. The van der Waals surface area contributed by atoms with Gasteiger partial charge in [-0.15, -0.1) is 0 Å². The molecular formula is C33H48N4O7S. The molecular weight excluding hydrogens is 596 g/mol. The van der Waals surface area contributed by atoms with Crippen LogP contribution in [0.4, 0.5) is 0 Å². The number of benzene rings is 2. The molecule has 2 aromatic carbocycles. The number of hydrogen-bond donors (Lipinski definition) is 3. The Bertz CT molecular complexity index is 1380. The van der Waals surface area contributed by atoms with Crippen molar-refractivity contribution in [1.82, 2.24) is 19.8 Å². The molecule has 1 fully saturated rings. The highest BCUT2D eigenvalue weighted by Gasteiger charge is 2.34. The van der Waals surface area contributed by atoms with Gasteiger partial charge in [0.2, 0.25) is 28.6 Å². The fraction of sp³-hybridized carbons (Fsp3) is 0.576. The Hall–Kier alpha value is -3.19. The number of hydrogen-bond acceptors (Lipinski definition) is 8. The first-order valence-corrected chi connectivity index (χ1v) is 17.4. The number of likely N-dealkylation sites (tertiary alicyclic amines) is 1. The van der Waals surface area contributed by atoms with E-state index in [2.05, 4.69) is 15.5 Å². The molecule has 4 rings (SSSR count). The van der Waals surface area contributed by atoms with E-state index in [0.717, 1.165) is 31.5 Å². The number of carbonyl (C=O) groups is 2. The van der Waals surface area contributed by atoms with Crippen LogP contribution < -0.4 is 20.1 Å². The molecule has 0 radical (unpaired) electrons. The first-order chi connectivity index (χ1) is 21.5. The van der Waals surface area contributed by atoms with Crippen LogP contribution in [0.25, 0.3) is 0 Å². The maximum absolute atomic E-state index is 13.9. The third kappa shape index (κ3) is 9.41. The van der Waals surface area contributed by atoms with E-state index >= 15 is 0 Å². The van der Waals surface area contributed by atoms with Crippen LogP contribution in [0.2, 0.25) is 0 Å². The van der Waals surface area contributed by atoms with Gasteiger partial charge in [0.15, 0.2) is 11.5 Å². The molecule has 2 aromatic rings. The predicted octanol–water partition coefficient (Wildman–Crippen LogP) is 2.78. The van der Waals surface area contributed by atoms with Crippen molar-refractivity contribution in [2.45, 2.75) is 76.5 Å². The Morgan fingerprint density at radius 1 is 0.978 bits per heavy atom. The zero-order valence-electron chi connectivity index (χ0n) is 26.8. The number of rotatable bonds is 16. The summed E-state index contributed by atoms with van der Waals surface area (Å²) in [5.74, 6) is -0.00480. The molecule has 11 nitrogen and oxygen atoms in total. The Balaban J connectivity index is 1.55. The zero-order valence-corrected chi connectivity index (χ0v) is 27.6. The van der Waals surface area contributed by atoms with E-state index in [4.69, 9.17) is 9.47 Å². The van der Waals surface area contributed by atoms with Crippen molar-refractivity contribution in [3.8, 4) is 11.5 Å². The van der Waals surface area contributed by atoms with Gasteiger partial charge in [-0.05, 0) is 61.9 Å². The lowest BCUT2D eigenvalue weighted by atomic mass is 9.96. The number of sulfonamides is 1. The average Bonchev–Trinajstić information content (AvgIpc) is 3.71. The molecule has 0 spiro atoms. The lowest BCUT2D eigenvalue weighted by Gasteiger charge is -2.32. The molecule has 0 aliphatic carbocycles. The van der Waals surface area contributed by atoms with Crippen molar-refractivity contribution in [2.24, 2.45) is 11.8 Å². The highest BCUT2D eigenvalue weighted by molar-refractivity contribution is 7.89. The molecule has 2 aliphatic heterocycles. The third-order valence-electron chi connectivity index (χ3n) is 8.41. The molecule has 0 saturated carbocycles. The monoisotopic (exact) mass is 644 g/mol. The van der Waals surface area contributed by atoms with Gasteiger partial charge in [0.1, 0.15) is 6.04 Å². The molecule has 12 heteroatoms. The Labute approximate surface area is 267 Å². The minimum Gasteiger partial charge on any atom is -0.454 e. The van der Waals surface area contributed by atoms with E-state index in [1.807, 2.05) is 58.0 Å². The lowest BCUT2D eigenvalue weighted by molar-refractivity contribution is -0.131. The number of ether oxygens (including phenoxy) is 2. The SMILES string of the molecule is CC[C@H](C)[C@H](NC(=O)CN1CCCC1)C(=O)NC(Cc1ccccc1)[C@H](O)CN(CC(C)C)S(=O)(=O)c1ccc2c(c1)OCO2. The molecule has 2 heterocycles. The normalized spacial score (nSPS) is 17.7. The fourth-order valence-corrected chi connectivity index (χ4v) is 7.33. The van der Waals surface area contributed by atoms with E-state index < -0.39 is 34.1 Å². The number of carbonyl (C=O) groups excluding carboxylic acids is 2. The maximum Gasteiger partial charge on any atom is 0.243 e. The summed E-state index contributed by atoms with van der Waals surface area (Å²) in [5.41, 5.74) is 0.869. The van der Waals surface area contributed by atoms with Gasteiger partial charge in [0, 0.05) is 19.2 Å². The van der Waals surface area contributed by atoms with Crippen LogP contribution >= 0.6 is 0 Å². The summed E-state index contributed by atoms with van der Waals surface area (Å²) in [6.45, 7) is 9.55. The molecule has 1 unspecified atom stereocenters. The van der Waals surface area contributed by atoms with Gasteiger partial charge in [-0.25, -0.2) is 8.42 Å². The molecule has 3 N–H and O–H groups in total. The number of nitrogens with zero attached hydrogens (tertiary/aromatic N) is 2. The van der Waals surface area contributed by atoms with E-state index in [9.17, 15) is 23.1 Å². The summed E-state index contributed by atoms with van der Waals surface area (Å²) in [6.07, 6.45) is 1.78. The molecule has 248 valence electrons. The number of aliphatic hydroxyl groups is 1. The van der Waals surface area contributed by atoms with Crippen molar-refractivity contribution in [2.75, 3.05) is 39.5 Å². The Morgan fingerprint density at radius 2 is 1.67 bits per heavy atom. The number of aliphatic hydroxyl groups excluding tert-OH is 1. The van der Waals surface area contributed by atoms with E-state index in [1.54, 1.807) is 6.07 Å². The largest absolute Gasteiger partial charge is 0.454 e. The fourth-order valence-electron chi connectivity index (χ4n) is 5.69. The Kier molecular flexibility index (Phi) is 12.2. The molecule has 0 aromatic heterocycles. The van der Waals surface area contributed by atoms with Crippen molar-refractivity contribution in [1.29, 1.82) is 0 Å². The average molecular weight is 645 g/mol. The highest BCUT2D eigenvalue weighted by atomic mass is 32.2. The molecule has 4 atom stereocenters. The van der Waals surface area contributed by atoms with Gasteiger partial charge in [-0.3, -0.25) is 14.5 Å². The third-order valence-corrected chi connectivity index (χ3v) is 10.2. The minimum atomic E-state index is -4.05. The second kappa shape index (κ2) is 15.9. The molecule has 0 bridgehead atoms. The van der Waals surface area contributed by atoms with Gasteiger partial charge >= 0.3 is 0 Å². The van der Waals surface area contributed by atoms with Crippen molar-refractivity contribution < 1.29 is 32.6 Å². The van der Waals surface area contributed by atoms with Crippen LogP contribution in [0.15, 0.2) is 53.4 Å². The highest BCUT2D eigenvalue weighted by Crippen LogP contribution is 2.35. The molecule has 45 heavy (non-hydrogen) atoms. The quantitative estimate of drug-likeness (QED) is 0.254. The topological polar surface area (TPSA) is 138 Å². The standard InChI is InChI=1S/C33H48N4O7S/c1-5-24(4)32(35-31(39)21-36-15-9-10-16-36)33(40)34-27(17-25-11-7-6-8-12-25)28(38)20-37(19-23(2)3)45(41,42)26-13-14-29-30(18-26)44-22-43-29/h6-8,11-14,18,23-24,27-28,32,38H,5,9-10,15-17,19-22H2,1-4H3,(H,34,40)(H,35,39)/t24-,27?,28+,32-/m0/s1. The lowest BCUT2D eigenvalue weighted by Crippen LogP contribution is -2.57. The molecule has 1 saturated heterocycles. The van der Waals surface area contributed by atoms with Gasteiger partial charge in [-0.1, -0.05) is 64.4 Å². The summed E-state index contributed by atoms with van der Waals surface area (Å²) < 4.78 is 39.8. The van der Waals surface area contributed by atoms with Crippen LogP contribution in [0, 0.1) is 11.8 Å². The minimum absolute atomic E-state index is 0.0183. The Morgan fingerprint density at radius 3 is 2.33 bits per heavy atom. The van der Waals surface area contributed by atoms with Gasteiger partial charge < -0.3 is 25.2 Å². The van der Waals surface area contributed by atoms with E-state index in [1.165, 1.54) is 16.4 Å². The van der Waals surface area contributed by atoms with Crippen LogP contribution in [-0.2, 0) is 26.0 Å². The zero-order chi connectivity index (χ0) is 32.6. The van der Waals surface area contributed by atoms with Crippen LogP contribution in [-0.4, -0.2) is 92.2 Å². The first kappa shape index (κ1) is 34.7.